The number of amides is 1. The van der Waals surface area contributed by atoms with Gasteiger partial charge in [0.15, 0.2) is 6.10 Å². The molecule has 2 N–H and O–H groups in total. The Labute approximate surface area is 119 Å². The first-order chi connectivity index (χ1) is 9.52. The van der Waals surface area contributed by atoms with Crippen molar-refractivity contribution in [2.75, 3.05) is 23.3 Å². The lowest BCUT2D eigenvalue weighted by Gasteiger charge is -2.40. The van der Waals surface area contributed by atoms with Gasteiger partial charge < -0.3 is 15.3 Å². The van der Waals surface area contributed by atoms with Crippen molar-refractivity contribution in [2.45, 2.75) is 39.2 Å². The lowest BCUT2D eigenvalue weighted by atomic mass is 9.78. The van der Waals surface area contributed by atoms with Crippen LogP contribution in [0.1, 0.15) is 44.8 Å². The number of benzene rings is 1. The first kappa shape index (κ1) is 13.4. The number of carbonyl (C=O) groups excluding carboxylic acids is 1. The van der Waals surface area contributed by atoms with Crippen molar-refractivity contribution < 1.29 is 9.90 Å². The molecule has 4 heteroatoms. The third-order valence-corrected chi connectivity index (χ3v) is 5.03. The molecule has 3 rings (SSSR count). The highest BCUT2D eigenvalue weighted by atomic mass is 16.3. The fourth-order valence-electron chi connectivity index (χ4n) is 3.09. The Kier molecular flexibility index (Phi) is 3.21. The quantitative estimate of drug-likeness (QED) is 0.872. The molecule has 20 heavy (non-hydrogen) atoms. The predicted molar refractivity (Wildman–Crippen MR) is 79.9 cm³/mol. The molecule has 0 radical (unpaired) electrons. The molecule has 1 aromatic rings. The summed E-state index contributed by atoms with van der Waals surface area (Å²) in [6.07, 6.45) is 2.63. The van der Waals surface area contributed by atoms with Crippen LogP contribution < -0.4 is 10.2 Å². The predicted octanol–water partition coefficient (Wildman–Crippen LogP) is 2.69. The summed E-state index contributed by atoms with van der Waals surface area (Å²) >= 11 is 0. The van der Waals surface area contributed by atoms with E-state index in [0.717, 1.165) is 24.5 Å². The second kappa shape index (κ2) is 4.77. The number of anilines is 2. The van der Waals surface area contributed by atoms with Crippen LogP contribution in [0.4, 0.5) is 11.4 Å². The average molecular weight is 274 g/mol. The summed E-state index contributed by atoms with van der Waals surface area (Å²) in [4.78, 5) is 13.8. The van der Waals surface area contributed by atoms with Gasteiger partial charge in [0.1, 0.15) is 0 Å². The summed E-state index contributed by atoms with van der Waals surface area (Å²) in [6, 6.07) is 5.86. The van der Waals surface area contributed by atoms with Crippen molar-refractivity contribution in [1.29, 1.82) is 0 Å². The highest BCUT2D eigenvalue weighted by Crippen LogP contribution is 2.38. The third-order valence-electron chi connectivity index (χ3n) is 5.03. The zero-order valence-electron chi connectivity index (χ0n) is 12.1. The lowest BCUT2D eigenvalue weighted by molar-refractivity contribution is -0.123. The number of carbonyl (C=O) groups is 1. The van der Waals surface area contributed by atoms with Crippen molar-refractivity contribution in [3.8, 4) is 0 Å². The molecule has 0 spiro atoms. The lowest BCUT2D eigenvalue weighted by Crippen LogP contribution is -2.38. The summed E-state index contributed by atoms with van der Waals surface area (Å²) in [6.45, 7) is 6.74. The number of aliphatic hydroxyl groups is 1. The van der Waals surface area contributed by atoms with Gasteiger partial charge in [-0.05, 0) is 30.4 Å². The monoisotopic (exact) mass is 274 g/mol. The first-order valence-electron chi connectivity index (χ1n) is 7.40. The van der Waals surface area contributed by atoms with Crippen molar-refractivity contribution in [3.05, 3.63) is 23.8 Å². The van der Waals surface area contributed by atoms with E-state index in [1.165, 1.54) is 19.3 Å². The van der Waals surface area contributed by atoms with Gasteiger partial charge in [0.25, 0.3) is 5.91 Å². The Morgan fingerprint density at radius 2 is 2.10 bits per heavy atom. The first-order valence-corrected chi connectivity index (χ1v) is 7.40. The summed E-state index contributed by atoms with van der Waals surface area (Å²) in [5, 5.41) is 12.5. The second-order valence-electron chi connectivity index (χ2n) is 6.31. The minimum absolute atomic E-state index is 0.325. The molecule has 1 atom stereocenters. The number of hydrogen-bond donors (Lipinski definition) is 2. The smallest absolute Gasteiger partial charge is 0.257 e. The van der Waals surface area contributed by atoms with Crippen molar-refractivity contribution >= 4 is 17.3 Å². The molecular formula is C16H22N2O2. The van der Waals surface area contributed by atoms with Crippen LogP contribution in [0.2, 0.25) is 0 Å². The molecule has 1 unspecified atom stereocenters. The number of nitrogens with one attached hydrogen (secondary N) is 1. The normalized spacial score (nSPS) is 24.4. The van der Waals surface area contributed by atoms with E-state index in [2.05, 4.69) is 24.1 Å². The van der Waals surface area contributed by atoms with Gasteiger partial charge in [-0.1, -0.05) is 26.3 Å². The number of rotatable bonds is 2. The Bertz CT molecular complexity index is 533. The molecule has 1 fully saturated rings. The number of fused-ring (bicyclic) bond motifs is 1. The van der Waals surface area contributed by atoms with Crippen molar-refractivity contribution in [1.82, 2.24) is 0 Å². The molecule has 2 aliphatic rings. The standard InChI is InChI=1S/C16H22N2O2/c1-3-16(2)6-8-18(9-7-16)11-4-5-12-13(10-11)17-15(20)14(12)19/h4-5,10,14,19H,3,6-9H2,1-2H3,(H,17,20). The minimum atomic E-state index is -1.01. The highest BCUT2D eigenvalue weighted by molar-refractivity contribution is 6.02. The van der Waals surface area contributed by atoms with Crippen LogP contribution >= 0.6 is 0 Å². The van der Waals surface area contributed by atoms with E-state index in [-0.39, 0.29) is 5.91 Å². The van der Waals surface area contributed by atoms with Crippen molar-refractivity contribution in [2.24, 2.45) is 5.41 Å². The molecule has 4 nitrogen and oxygen atoms in total. The van der Waals surface area contributed by atoms with E-state index in [1.54, 1.807) is 0 Å². The van der Waals surface area contributed by atoms with Crippen LogP contribution in [0.15, 0.2) is 18.2 Å². The van der Waals surface area contributed by atoms with E-state index in [4.69, 9.17) is 0 Å². The van der Waals surface area contributed by atoms with Gasteiger partial charge in [0.05, 0.1) is 0 Å². The maximum Gasteiger partial charge on any atom is 0.257 e. The van der Waals surface area contributed by atoms with Gasteiger partial charge in [-0.15, -0.1) is 0 Å². The Balaban J connectivity index is 1.77. The van der Waals surface area contributed by atoms with Crippen LogP contribution in [-0.2, 0) is 4.79 Å². The number of aliphatic hydroxyl groups excluding tert-OH is 1. The summed E-state index contributed by atoms with van der Waals surface area (Å²) in [5.41, 5.74) is 3.05. The third kappa shape index (κ3) is 2.18. The van der Waals surface area contributed by atoms with Gasteiger partial charge in [-0.3, -0.25) is 4.79 Å². The Hall–Kier alpha value is -1.55. The fourth-order valence-corrected chi connectivity index (χ4v) is 3.09. The zero-order valence-corrected chi connectivity index (χ0v) is 12.1. The summed E-state index contributed by atoms with van der Waals surface area (Å²) in [5.74, 6) is -0.325. The van der Waals surface area contributed by atoms with Crippen molar-refractivity contribution in [3.63, 3.8) is 0 Å². The van der Waals surface area contributed by atoms with Crippen LogP contribution in [-0.4, -0.2) is 24.1 Å². The van der Waals surface area contributed by atoms with Gasteiger partial charge in [-0.2, -0.15) is 0 Å². The second-order valence-corrected chi connectivity index (χ2v) is 6.31. The van der Waals surface area contributed by atoms with Gasteiger partial charge in [-0.25, -0.2) is 0 Å². The molecule has 0 bridgehead atoms. The molecule has 2 aliphatic heterocycles. The minimum Gasteiger partial charge on any atom is -0.378 e. The maximum atomic E-state index is 11.5. The topological polar surface area (TPSA) is 52.6 Å². The molecular weight excluding hydrogens is 252 g/mol. The molecule has 0 aliphatic carbocycles. The summed E-state index contributed by atoms with van der Waals surface area (Å²) < 4.78 is 0. The average Bonchev–Trinajstić information content (AvgIpc) is 2.74. The van der Waals surface area contributed by atoms with E-state index in [0.29, 0.717) is 11.0 Å². The molecule has 0 aromatic heterocycles. The van der Waals surface area contributed by atoms with Crippen LogP contribution in [0.25, 0.3) is 0 Å². The molecule has 1 aromatic carbocycles. The van der Waals surface area contributed by atoms with Gasteiger partial charge in [0, 0.05) is 30.0 Å². The Morgan fingerprint density at radius 3 is 2.75 bits per heavy atom. The number of hydrogen-bond acceptors (Lipinski definition) is 3. The number of piperidine rings is 1. The van der Waals surface area contributed by atoms with Crippen LogP contribution in [0.3, 0.4) is 0 Å². The largest absolute Gasteiger partial charge is 0.378 e. The molecule has 0 saturated carbocycles. The zero-order chi connectivity index (χ0) is 14.3. The Morgan fingerprint density at radius 1 is 1.40 bits per heavy atom. The van der Waals surface area contributed by atoms with E-state index in [1.807, 2.05) is 18.2 Å². The molecule has 2 heterocycles. The molecule has 1 amide bonds. The molecule has 1 saturated heterocycles. The highest BCUT2D eigenvalue weighted by Gasteiger charge is 2.31. The van der Waals surface area contributed by atoms with Crippen LogP contribution in [0, 0.1) is 5.41 Å². The number of nitrogens with zero attached hydrogens (tertiary/aromatic N) is 1. The SMILES string of the molecule is CCC1(C)CCN(c2ccc3c(c2)NC(=O)C3O)CC1. The van der Waals surface area contributed by atoms with Gasteiger partial charge >= 0.3 is 0 Å². The fraction of sp³-hybridized carbons (Fsp3) is 0.562. The van der Waals surface area contributed by atoms with E-state index >= 15 is 0 Å². The molecule has 108 valence electrons. The van der Waals surface area contributed by atoms with E-state index < -0.39 is 6.10 Å². The van der Waals surface area contributed by atoms with Gasteiger partial charge in [0.2, 0.25) is 0 Å². The van der Waals surface area contributed by atoms with Crippen LogP contribution in [0.5, 0.6) is 0 Å². The van der Waals surface area contributed by atoms with E-state index in [9.17, 15) is 9.90 Å². The maximum absolute atomic E-state index is 11.5. The summed E-state index contributed by atoms with van der Waals surface area (Å²) in [7, 11) is 0.